The van der Waals surface area contributed by atoms with Crippen LogP contribution in [0.2, 0.25) is 0 Å². The van der Waals surface area contributed by atoms with Crippen molar-refractivity contribution in [3.05, 3.63) is 42.1 Å². The van der Waals surface area contributed by atoms with Gasteiger partial charge in [0, 0.05) is 42.4 Å². The molecule has 1 aliphatic heterocycles. The first kappa shape index (κ1) is 26.0. The monoisotopic (exact) mass is 516 g/mol. The number of benzene rings is 1. The summed E-state index contributed by atoms with van der Waals surface area (Å²) in [5.74, 6) is 0.289. The zero-order chi connectivity index (χ0) is 27.2. The standard InChI is InChI=1S/C29H36N6O3/c1-6-7-8-17(2)32-28(38)24-12-29(5)13-25(29)35(24)26(37)16-34-23-10-9-20(21-14-30-19(4)31-15-21)11-22(23)27(33-34)18(3)36/h9-11,14-15,17,24-25H,6-8,12-13,16H2,1-5H3,(H,32,38)/t17-,24-,25?,29-/m0/s1. The van der Waals surface area contributed by atoms with Crippen LogP contribution in [-0.4, -0.2) is 60.4 Å². The van der Waals surface area contributed by atoms with Gasteiger partial charge in [0.25, 0.3) is 0 Å². The van der Waals surface area contributed by atoms with Crippen LogP contribution >= 0.6 is 0 Å². The van der Waals surface area contributed by atoms with Crippen LogP contribution in [-0.2, 0) is 16.1 Å². The molecule has 4 atom stereocenters. The van der Waals surface area contributed by atoms with E-state index in [1.807, 2.05) is 32.0 Å². The number of amides is 2. The number of unbranched alkanes of at least 4 members (excludes halogenated alkanes) is 1. The van der Waals surface area contributed by atoms with Crippen molar-refractivity contribution >= 4 is 28.5 Å². The topological polar surface area (TPSA) is 110 Å². The summed E-state index contributed by atoms with van der Waals surface area (Å²) in [6.45, 7) is 9.58. The Morgan fingerprint density at radius 3 is 2.58 bits per heavy atom. The predicted molar refractivity (Wildman–Crippen MR) is 144 cm³/mol. The summed E-state index contributed by atoms with van der Waals surface area (Å²) >= 11 is 0. The summed E-state index contributed by atoms with van der Waals surface area (Å²) < 4.78 is 1.60. The largest absolute Gasteiger partial charge is 0.352 e. The van der Waals surface area contributed by atoms with Crippen LogP contribution in [0.1, 0.15) is 76.1 Å². The van der Waals surface area contributed by atoms with Crippen LogP contribution in [0.3, 0.4) is 0 Å². The number of aryl methyl sites for hydroxylation is 1. The van der Waals surface area contributed by atoms with Crippen LogP contribution in [0.25, 0.3) is 22.0 Å². The fraction of sp³-hybridized carbons (Fsp3) is 0.517. The normalized spacial score (nSPS) is 22.8. The molecule has 3 aromatic rings. The van der Waals surface area contributed by atoms with Gasteiger partial charge in [0.1, 0.15) is 24.1 Å². The lowest BCUT2D eigenvalue weighted by atomic mass is 10.0. The maximum Gasteiger partial charge on any atom is 0.245 e. The fourth-order valence-electron chi connectivity index (χ4n) is 5.77. The Kier molecular flexibility index (Phi) is 6.79. The number of aromatic nitrogens is 4. The number of likely N-dealkylation sites (tertiary alicyclic amines) is 1. The minimum atomic E-state index is -0.474. The Bertz CT molecular complexity index is 1400. The van der Waals surface area contributed by atoms with Gasteiger partial charge in [-0.3, -0.25) is 19.1 Å². The molecule has 38 heavy (non-hydrogen) atoms. The van der Waals surface area contributed by atoms with E-state index >= 15 is 0 Å². The molecule has 1 aliphatic carbocycles. The molecule has 5 rings (SSSR count). The Morgan fingerprint density at radius 1 is 1.16 bits per heavy atom. The lowest BCUT2D eigenvalue weighted by Crippen LogP contribution is -2.50. The molecule has 200 valence electrons. The average Bonchev–Trinajstić information content (AvgIpc) is 3.25. The third kappa shape index (κ3) is 4.81. The second-order valence-electron chi connectivity index (χ2n) is 11.3. The van der Waals surface area contributed by atoms with Gasteiger partial charge in [-0.2, -0.15) is 5.10 Å². The number of nitrogens with one attached hydrogen (secondary N) is 1. The van der Waals surface area contributed by atoms with Gasteiger partial charge in [0.05, 0.1) is 5.52 Å². The first-order valence-electron chi connectivity index (χ1n) is 13.5. The van der Waals surface area contributed by atoms with Gasteiger partial charge < -0.3 is 10.2 Å². The molecule has 1 saturated heterocycles. The lowest BCUT2D eigenvalue weighted by Gasteiger charge is -2.28. The maximum atomic E-state index is 13.7. The Labute approximate surface area is 223 Å². The number of hydrogen-bond donors (Lipinski definition) is 1. The predicted octanol–water partition coefficient (Wildman–Crippen LogP) is 4.08. The van der Waals surface area contributed by atoms with E-state index in [4.69, 9.17) is 0 Å². The lowest BCUT2D eigenvalue weighted by molar-refractivity contribution is -0.140. The minimum Gasteiger partial charge on any atom is -0.352 e. The SMILES string of the molecule is CCCC[C@H](C)NC(=O)[C@@H]1C[C@@]2(C)CC2N1C(=O)Cn1nc(C(C)=O)c2cc(-c3cnc(C)nc3)ccc21. The van der Waals surface area contributed by atoms with Crippen molar-refractivity contribution in [1.29, 1.82) is 0 Å². The second-order valence-corrected chi connectivity index (χ2v) is 11.3. The molecule has 2 aromatic heterocycles. The molecule has 9 nitrogen and oxygen atoms in total. The molecule has 9 heteroatoms. The second kappa shape index (κ2) is 9.93. The summed E-state index contributed by atoms with van der Waals surface area (Å²) in [6, 6.07) is 5.37. The van der Waals surface area contributed by atoms with E-state index in [-0.39, 0.29) is 41.6 Å². The molecule has 0 bridgehead atoms. The minimum absolute atomic E-state index is 0.00787. The van der Waals surface area contributed by atoms with Crippen LogP contribution in [0.15, 0.2) is 30.6 Å². The first-order chi connectivity index (χ1) is 18.1. The van der Waals surface area contributed by atoms with Crippen LogP contribution in [0.5, 0.6) is 0 Å². The van der Waals surface area contributed by atoms with Gasteiger partial charge in [-0.25, -0.2) is 9.97 Å². The molecule has 0 radical (unpaired) electrons. The smallest absolute Gasteiger partial charge is 0.245 e. The zero-order valence-electron chi connectivity index (χ0n) is 22.8. The van der Waals surface area contributed by atoms with Gasteiger partial charge in [-0.15, -0.1) is 0 Å². The molecule has 1 N–H and O–H groups in total. The Hall–Kier alpha value is -3.62. The van der Waals surface area contributed by atoms with Crippen molar-refractivity contribution in [2.24, 2.45) is 5.41 Å². The number of piperidine rings is 1. The molecular formula is C29H36N6O3. The molecule has 2 amide bonds. The third-order valence-electron chi connectivity index (χ3n) is 8.09. The Morgan fingerprint density at radius 2 is 1.89 bits per heavy atom. The highest BCUT2D eigenvalue weighted by atomic mass is 16.2. The highest BCUT2D eigenvalue weighted by Gasteiger charge is 2.64. The van der Waals surface area contributed by atoms with Crippen molar-refractivity contribution in [2.75, 3.05) is 0 Å². The number of carbonyl (C=O) groups excluding carboxylic acids is 3. The fourth-order valence-corrected chi connectivity index (χ4v) is 5.77. The summed E-state index contributed by atoms with van der Waals surface area (Å²) in [6.07, 6.45) is 8.14. The van der Waals surface area contributed by atoms with Crippen LogP contribution in [0, 0.1) is 12.3 Å². The van der Waals surface area contributed by atoms with E-state index in [0.717, 1.165) is 36.8 Å². The van der Waals surface area contributed by atoms with E-state index in [2.05, 4.69) is 34.2 Å². The summed E-state index contributed by atoms with van der Waals surface area (Å²) in [5.41, 5.74) is 2.72. The van der Waals surface area contributed by atoms with Crippen molar-refractivity contribution < 1.29 is 14.4 Å². The van der Waals surface area contributed by atoms with Crippen molar-refractivity contribution in [3.63, 3.8) is 0 Å². The number of carbonyl (C=O) groups is 3. The van der Waals surface area contributed by atoms with Gasteiger partial charge in [0.2, 0.25) is 11.8 Å². The number of fused-ring (bicyclic) bond motifs is 2. The molecule has 1 saturated carbocycles. The Balaban J connectivity index is 1.40. The van der Waals surface area contributed by atoms with E-state index in [1.54, 1.807) is 22.0 Å². The van der Waals surface area contributed by atoms with E-state index in [1.165, 1.54) is 6.92 Å². The number of rotatable bonds is 9. The molecule has 3 heterocycles. The van der Waals surface area contributed by atoms with E-state index < -0.39 is 6.04 Å². The summed E-state index contributed by atoms with van der Waals surface area (Å²) in [4.78, 5) is 49.7. The first-order valence-corrected chi connectivity index (χ1v) is 13.5. The van der Waals surface area contributed by atoms with E-state index in [9.17, 15) is 14.4 Å². The van der Waals surface area contributed by atoms with Crippen molar-refractivity contribution in [2.45, 2.75) is 91.4 Å². The number of nitrogens with zero attached hydrogens (tertiary/aromatic N) is 5. The molecule has 0 spiro atoms. The average molecular weight is 517 g/mol. The van der Waals surface area contributed by atoms with Crippen LogP contribution < -0.4 is 5.32 Å². The number of hydrogen-bond acceptors (Lipinski definition) is 6. The van der Waals surface area contributed by atoms with Gasteiger partial charge in [-0.05, 0) is 56.2 Å². The summed E-state index contributed by atoms with van der Waals surface area (Å²) in [7, 11) is 0. The van der Waals surface area contributed by atoms with Gasteiger partial charge in [-0.1, -0.05) is 32.8 Å². The zero-order valence-corrected chi connectivity index (χ0v) is 22.8. The molecular weight excluding hydrogens is 480 g/mol. The quantitative estimate of drug-likeness (QED) is 0.429. The molecule has 1 aromatic carbocycles. The van der Waals surface area contributed by atoms with Crippen molar-refractivity contribution in [1.82, 2.24) is 30.0 Å². The van der Waals surface area contributed by atoms with Gasteiger partial charge >= 0.3 is 0 Å². The molecule has 2 aliphatic rings. The van der Waals surface area contributed by atoms with Crippen molar-refractivity contribution in [3.8, 4) is 11.1 Å². The maximum absolute atomic E-state index is 13.7. The van der Waals surface area contributed by atoms with Crippen LogP contribution in [0.4, 0.5) is 0 Å². The summed E-state index contributed by atoms with van der Waals surface area (Å²) in [5, 5.41) is 8.35. The van der Waals surface area contributed by atoms with Gasteiger partial charge in [0.15, 0.2) is 5.78 Å². The molecule has 2 fully saturated rings. The molecule has 1 unspecified atom stereocenters. The highest BCUT2D eigenvalue weighted by Crippen LogP contribution is 2.59. The number of ketones is 1. The number of Topliss-reactive ketones (excluding diaryl/α,β-unsaturated/α-hetero) is 1. The highest BCUT2D eigenvalue weighted by molar-refractivity contribution is 6.06. The van der Waals surface area contributed by atoms with E-state index in [0.29, 0.717) is 28.8 Å². The third-order valence-corrected chi connectivity index (χ3v) is 8.09.